The quantitative estimate of drug-likeness (QED) is 0.161. The number of nitrogens with zero attached hydrogens (tertiary/aromatic N) is 2. The topological polar surface area (TPSA) is 44.2 Å². The van der Waals surface area contributed by atoms with Crippen molar-refractivity contribution >= 4 is 0 Å². The molecule has 2 heterocycles. The number of hydrogen-bond acceptors (Lipinski definition) is 4. The molecule has 0 N–H and O–H groups in total. The Labute approximate surface area is 367 Å². The Bertz CT molecular complexity index is 3210. The van der Waals surface area contributed by atoms with E-state index < -0.39 is 5.41 Å². The second kappa shape index (κ2) is 15.1. The predicted octanol–water partition coefficient (Wildman–Crippen LogP) is 15.0. The van der Waals surface area contributed by atoms with E-state index in [1.165, 1.54) is 27.8 Å². The molecular weight excluding hydrogens is 769 g/mol. The molecule has 0 bridgehead atoms. The second-order valence-electron chi connectivity index (χ2n) is 16.4. The van der Waals surface area contributed by atoms with Crippen LogP contribution in [0.15, 0.2) is 224 Å². The van der Waals surface area contributed by atoms with Gasteiger partial charge in [0.2, 0.25) is 0 Å². The normalized spacial score (nSPS) is 15.0. The zero-order valence-corrected chi connectivity index (χ0v) is 34.4. The van der Waals surface area contributed by atoms with Crippen LogP contribution >= 0.6 is 0 Å². The third kappa shape index (κ3) is 6.22. The number of ether oxygens (including phenoxy) is 2. The second-order valence-corrected chi connectivity index (χ2v) is 16.4. The van der Waals surface area contributed by atoms with E-state index in [0.29, 0.717) is 17.2 Å². The molecule has 12 rings (SSSR count). The molecule has 0 saturated heterocycles. The highest BCUT2D eigenvalue weighted by atomic mass is 16.6. The van der Waals surface area contributed by atoms with Crippen LogP contribution in [-0.4, -0.2) is 9.97 Å². The summed E-state index contributed by atoms with van der Waals surface area (Å²) in [7, 11) is 0. The number of aromatic nitrogens is 2. The van der Waals surface area contributed by atoms with Gasteiger partial charge in [0.1, 0.15) is 5.82 Å². The van der Waals surface area contributed by atoms with Crippen molar-refractivity contribution in [1.82, 2.24) is 9.97 Å². The number of fused-ring (bicyclic) bond motifs is 6. The molecule has 3 aliphatic rings. The van der Waals surface area contributed by atoms with Crippen molar-refractivity contribution in [1.29, 1.82) is 0 Å². The molecule has 298 valence electrons. The summed E-state index contributed by atoms with van der Waals surface area (Å²) < 4.78 is 13.7. The van der Waals surface area contributed by atoms with Gasteiger partial charge in [0.25, 0.3) is 0 Å². The summed E-state index contributed by atoms with van der Waals surface area (Å²) in [5.41, 5.74) is 14.9. The smallest absolute Gasteiger partial charge is 0.178 e. The molecule has 1 atom stereocenters. The zero-order valence-electron chi connectivity index (χ0n) is 34.4. The van der Waals surface area contributed by atoms with Crippen molar-refractivity contribution in [3.8, 4) is 78.9 Å². The molecule has 1 unspecified atom stereocenters. The van der Waals surface area contributed by atoms with Crippen LogP contribution in [0.25, 0.3) is 55.9 Å². The van der Waals surface area contributed by atoms with Gasteiger partial charge < -0.3 is 9.47 Å². The van der Waals surface area contributed by atoms with Crippen LogP contribution in [0.2, 0.25) is 0 Å². The Morgan fingerprint density at radius 1 is 0.429 bits per heavy atom. The number of hydrogen-bond donors (Lipinski definition) is 0. The van der Waals surface area contributed by atoms with Gasteiger partial charge in [0, 0.05) is 22.6 Å². The molecule has 9 aromatic rings. The Morgan fingerprint density at radius 3 is 1.78 bits per heavy atom. The first-order chi connectivity index (χ1) is 31.2. The van der Waals surface area contributed by atoms with E-state index in [4.69, 9.17) is 19.4 Å². The minimum absolute atomic E-state index is 0.110. The van der Waals surface area contributed by atoms with Gasteiger partial charge in [-0.2, -0.15) is 0 Å². The predicted molar refractivity (Wildman–Crippen MR) is 253 cm³/mol. The van der Waals surface area contributed by atoms with E-state index in [1.54, 1.807) is 0 Å². The molecule has 8 aromatic carbocycles. The SMILES string of the molecule is C1=CCC(c2nc(-c3ccc(-c4ccc5c(c4)Oc4ccc6c(c4O5)-c4ccccc4C6(c4ccccc4)c4ccccc4)cc3)cc(-c3cccc(-c4ccccc4)c3)n2)C=C1. The van der Waals surface area contributed by atoms with Crippen LogP contribution < -0.4 is 9.47 Å². The summed E-state index contributed by atoms with van der Waals surface area (Å²) in [5.74, 6) is 3.75. The largest absolute Gasteiger partial charge is 0.449 e. The summed E-state index contributed by atoms with van der Waals surface area (Å²) in [5, 5.41) is 0. The fourth-order valence-electron chi connectivity index (χ4n) is 9.77. The minimum Gasteiger partial charge on any atom is -0.449 e. The van der Waals surface area contributed by atoms with Crippen molar-refractivity contribution < 1.29 is 9.47 Å². The summed E-state index contributed by atoms with van der Waals surface area (Å²) in [6.07, 6.45) is 9.43. The van der Waals surface area contributed by atoms with E-state index in [0.717, 1.165) is 68.3 Å². The maximum Gasteiger partial charge on any atom is 0.178 e. The first-order valence-electron chi connectivity index (χ1n) is 21.6. The van der Waals surface area contributed by atoms with Crippen molar-refractivity contribution in [3.05, 3.63) is 253 Å². The lowest BCUT2D eigenvalue weighted by atomic mass is 9.68. The van der Waals surface area contributed by atoms with E-state index in [2.05, 4.69) is 212 Å². The van der Waals surface area contributed by atoms with Gasteiger partial charge in [-0.05, 0) is 86.8 Å². The lowest BCUT2D eigenvalue weighted by Crippen LogP contribution is -2.28. The molecule has 4 heteroatoms. The van der Waals surface area contributed by atoms with Gasteiger partial charge >= 0.3 is 0 Å². The van der Waals surface area contributed by atoms with E-state index >= 15 is 0 Å². The summed E-state index contributed by atoms with van der Waals surface area (Å²) in [6.45, 7) is 0. The Balaban J connectivity index is 0.882. The minimum atomic E-state index is -0.518. The average Bonchev–Trinajstić information content (AvgIpc) is 3.68. The monoisotopic (exact) mass is 808 g/mol. The highest BCUT2D eigenvalue weighted by molar-refractivity contribution is 5.92. The van der Waals surface area contributed by atoms with Crippen LogP contribution in [0.5, 0.6) is 23.0 Å². The third-order valence-corrected chi connectivity index (χ3v) is 12.8. The first kappa shape index (κ1) is 36.7. The Morgan fingerprint density at radius 2 is 1.03 bits per heavy atom. The fourth-order valence-corrected chi connectivity index (χ4v) is 9.77. The molecule has 0 fully saturated rings. The van der Waals surface area contributed by atoms with Gasteiger partial charge in [0.15, 0.2) is 23.0 Å². The third-order valence-electron chi connectivity index (χ3n) is 12.8. The van der Waals surface area contributed by atoms with Gasteiger partial charge in [-0.15, -0.1) is 0 Å². The van der Waals surface area contributed by atoms with Crippen molar-refractivity contribution in [2.45, 2.75) is 17.8 Å². The summed E-state index contributed by atoms with van der Waals surface area (Å²) in [4.78, 5) is 10.3. The summed E-state index contributed by atoms with van der Waals surface area (Å²) in [6, 6.07) is 70.7. The molecule has 1 aliphatic heterocycles. The highest BCUT2D eigenvalue weighted by Gasteiger charge is 2.48. The van der Waals surface area contributed by atoms with Crippen molar-refractivity contribution in [2.75, 3.05) is 0 Å². The molecule has 0 spiro atoms. The molecule has 63 heavy (non-hydrogen) atoms. The van der Waals surface area contributed by atoms with Crippen molar-refractivity contribution in [2.24, 2.45) is 0 Å². The average molecular weight is 809 g/mol. The van der Waals surface area contributed by atoms with Crippen LogP contribution in [0, 0.1) is 0 Å². The van der Waals surface area contributed by atoms with Crippen LogP contribution in [0.3, 0.4) is 0 Å². The zero-order chi connectivity index (χ0) is 41.7. The molecule has 4 nitrogen and oxygen atoms in total. The highest BCUT2D eigenvalue weighted by Crippen LogP contribution is 2.62. The summed E-state index contributed by atoms with van der Waals surface area (Å²) >= 11 is 0. The molecule has 0 amide bonds. The standard InChI is InChI=1S/C59H40N2O2/c1-5-16-39(17-6-1)43-20-15-21-45(36-43)52-38-51(60-58(61-52)42-18-7-2-8-19-42)41-30-28-40(29-31-41)44-32-34-53-55(37-44)62-54-35-33-50-56(57(54)63-53)48-26-13-14-27-49(48)59(50,46-22-9-3-10-23-46)47-24-11-4-12-25-47/h1-18,20-38,42H,19H2. The Kier molecular flexibility index (Phi) is 8.82. The van der Waals surface area contributed by atoms with Crippen LogP contribution in [0.4, 0.5) is 0 Å². The lowest BCUT2D eigenvalue weighted by Gasteiger charge is -2.34. The number of allylic oxidation sites excluding steroid dienone is 4. The molecular formula is C59H40N2O2. The first-order valence-corrected chi connectivity index (χ1v) is 21.6. The van der Waals surface area contributed by atoms with Gasteiger partial charge in [0.05, 0.1) is 16.8 Å². The van der Waals surface area contributed by atoms with Crippen molar-refractivity contribution in [3.63, 3.8) is 0 Å². The number of rotatable bonds is 7. The van der Waals surface area contributed by atoms with E-state index in [-0.39, 0.29) is 5.92 Å². The van der Waals surface area contributed by atoms with Crippen LogP contribution in [0.1, 0.15) is 40.4 Å². The fraction of sp³-hybridized carbons (Fsp3) is 0.0508. The Hall–Kier alpha value is -8.08. The molecule has 2 aliphatic carbocycles. The maximum absolute atomic E-state index is 6.90. The molecule has 0 saturated carbocycles. The number of benzene rings is 8. The van der Waals surface area contributed by atoms with Gasteiger partial charge in [-0.3, -0.25) is 0 Å². The van der Waals surface area contributed by atoms with Gasteiger partial charge in [-0.25, -0.2) is 9.97 Å². The maximum atomic E-state index is 6.90. The molecule has 0 radical (unpaired) electrons. The van der Waals surface area contributed by atoms with E-state index in [9.17, 15) is 0 Å². The van der Waals surface area contributed by atoms with Crippen LogP contribution in [-0.2, 0) is 5.41 Å². The lowest BCUT2D eigenvalue weighted by molar-refractivity contribution is 0.360. The molecule has 1 aromatic heterocycles. The van der Waals surface area contributed by atoms with E-state index in [1.807, 2.05) is 12.1 Å². The van der Waals surface area contributed by atoms with Gasteiger partial charge in [-0.1, -0.05) is 194 Å².